The molecule has 0 bridgehead atoms. The van der Waals surface area contributed by atoms with Gasteiger partial charge in [-0.1, -0.05) is 82.3 Å². The standard InChI is InChI=1S/C34H45N5.C7H14/c1-7-10-19-35-26(5)29-17-18-34(39-22-20-38(21-23-39)33-14-12-11-13-25(33)4)32(24-29)36-27(6)30(8-2)37-31(9-3)28-15-16-28;1-4-5-6-7(2)3/h8-9,11-14,17-18,24,28,35-36H,3,5-7,10,15-16,19-23H2,1-2,4H3;2,4-6H2,1,3H3/b30-8-,37-31?;. The van der Waals surface area contributed by atoms with Crippen LogP contribution in [0.1, 0.15) is 83.8 Å². The monoisotopic (exact) mass is 621 g/mol. The van der Waals surface area contributed by atoms with Crippen LogP contribution in [0.25, 0.3) is 5.70 Å². The van der Waals surface area contributed by atoms with E-state index >= 15 is 0 Å². The largest absolute Gasteiger partial charge is 0.385 e. The molecule has 5 heteroatoms. The number of aliphatic imine (C=N–C) groups is 1. The molecule has 1 saturated carbocycles. The highest BCUT2D eigenvalue weighted by Crippen LogP contribution is 2.34. The molecule has 0 aromatic heterocycles. The fourth-order valence-electron chi connectivity index (χ4n) is 5.56. The summed E-state index contributed by atoms with van der Waals surface area (Å²) in [5.41, 5.74) is 10.9. The van der Waals surface area contributed by atoms with E-state index in [1.54, 1.807) is 0 Å². The summed E-state index contributed by atoms with van der Waals surface area (Å²) in [6, 6.07) is 15.3. The average molecular weight is 622 g/mol. The number of unbranched alkanes of at least 4 members (excludes halogenated alkanes) is 2. The Bertz CT molecular complexity index is 1390. The molecule has 2 aromatic carbocycles. The molecule has 0 amide bonds. The number of rotatable bonds is 16. The first-order valence-corrected chi connectivity index (χ1v) is 17.3. The predicted octanol–water partition coefficient (Wildman–Crippen LogP) is 10.3. The minimum atomic E-state index is 0.534. The van der Waals surface area contributed by atoms with Crippen molar-refractivity contribution >= 4 is 28.5 Å². The van der Waals surface area contributed by atoms with Gasteiger partial charge in [-0.05, 0) is 88.3 Å². The molecule has 5 nitrogen and oxygen atoms in total. The molecule has 0 atom stereocenters. The molecule has 2 N–H and O–H groups in total. The van der Waals surface area contributed by atoms with E-state index in [1.807, 2.05) is 19.1 Å². The molecule has 1 aliphatic carbocycles. The Labute approximate surface area is 280 Å². The van der Waals surface area contributed by atoms with Crippen LogP contribution < -0.4 is 20.4 Å². The molecule has 1 heterocycles. The van der Waals surface area contributed by atoms with Crippen molar-refractivity contribution in [2.75, 3.05) is 47.8 Å². The van der Waals surface area contributed by atoms with Crippen LogP contribution in [0.4, 0.5) is 17.1 Å². The molecule has 1 saturated heterocycles. The lowest BCUT2D eigenvalue weighted by Gasteiger charge is -2.39. The van der Waals surface area contributed by atoms with Gasteiger partial charge in [0.25, 0.3) is 0 Å². The Morgan fingerprint density at radius 1 is 0.935 bits per heavy atom. The lowest BCUT2D eigenvalue weighted by molar-refractivity contribution is 0.653. The summed E-state index contributed by atoms with van der Waals surface area (Å²) in [7, 11) is 0. The first-order chi connectivity index (χ1) is 22.2. The van der Waals surface area contributed by atoms with Crippen molar-refractivity contribution in [3.8, 4) is 0 Å². The van der Waals surface area contributed by atoms with Crippen LogP contribution in [0.2, 0.25) is 0 Å². The predicted molar refractivity (Wildman–Crippen MR) is 205 cm³/mol. The molecule has 1 aliphatic heterocycles. The minimum absolute atomic E-state index is 0.534. The SMILES string of the molecule is C=C(C)CCCC.C=CC(=N/C(=C\C)C(=C)Nc1cc(C(=C)NCCCC)ccc1N1CCN(c2ccccc2C)CC1)C1CC1. The number of anilines is 3. The van der Waals surface area contributed by atoms with Crippen LogP contribution in [-0.4, -0.2) is 38.4 Å². The molecule has 2 aliphatic rings. The number of nitrogens with zero attached hydrogens (tertiary/aromatic N) is 3. The van der Waals surface area contributed by atoms with E-state index in [2.05, 4.69) is 117 Å². The third-order valence-corrected chi connectivity index (χ3v) is 8.57. The van der Waals surface area contributed by atoms with Gasteiger partial charge in [-0.3, -0.25) is 4.99 Å². The van der Waals surface area contributed by atoms with Crippen molar-refractivity contribution in [2.45, 2.75) is 79.6 Å². The van der Waals surface area contributed by atoms with E-state index in [0.717, 1.165) is 79.6 Å². The number of benzene rings is 2. The van der Waals surface area contributed by atoms with Crippen molar-refractivity contribution < 1.29 is 0 Å². The Morgan fingerprint density at radius 3 is 2.13 bits per heavy atom. The van der Waals surface area contributed by atoms with Crippen LogP contribution in [0.15, 0.2) is 103 Å². The van der Waals surface area contributed by atoms with Crippen LogP contribution >= 0.6 is 0 Å². The Morgan fingerprint density at radius 2 is 1.59 bits per heavy atom. The zero-order valence-electron chi connectivity index (χ0n) is 29.4. The molecule has 2 aromatic rings. The zero-order valence-corrected chi connectivity index (χ0v) is 29.4. The normalized spacial score (nSPS) is 15.1. The topological polar surface area (TPSA) is 42.9 Å². The van der Waals surface area contributed by atoms with Crippen molar-refractivity contribution in [3.63, 3.8) is 0 Å². The minimum Gasteiger partial charge on any atom is -0.385 e. The molecule has 0 spiro atoms. The second kappa shape index (κ2) is 18.9. The number of hydrogen-bond donors (Lipinski definition) is 2. The summed E-state index contributed by atoms with van der Waals surface area (Å²) in [5.74, 6) is 0.534. The number of hydrogen-bond acceptors (Lipinski definition) is 5. The number of nitrogens with one attached hydrogen (secondary N) is 2. The highest BCUT2D eigenvalue weighted by atomic mass is 15.3. The van der Waals surface area contributed by atoms with Gasteiger partial charge in [-0.25, -0.2) is 0 Å². The second-order valence-electron chi connectivity index (χ2n) is 12.6. The lowest BCUT2D eigenvalue weighted by atomic mass is 10.1. The molecular formula is C41H59N5. The van der Waals surface area contributed by atoms with Gasteiger partial charge in [0.05, 0.1) is 22.8 Å². The van der Waals surface area contributed by atoms with Gasteiger partial charge in [-0.15, -0.1) is 6.58 Å². The summed E-state index contributed by atoms with van der Waals surface area (Å²) in [4.78, 5) is 9.88. The molecule has 46 heavy (non-hydrogen) atoms. The fourth-order valence-corrected chi connectivity index (χ4v) is 5.56. The van der Waals surface area contributed by atoms with E-state index in [9.17, 15) is 0 Å². The van der Waals surface area contributed by atoms with Crippen LogP contribution in [-0.2, 0) is 0 Å². The van der Waals surface area contributed by atoms with Crippen LogP contribution in [0.3, 0.4) is 0 Å². The van der Waals surface area contributed by atoms with Gasteiger partial charge in [-0.2, -0.15) is 0 Å². The number of para-hydroxylation sites is 1. The maximum atomic E-state index is 4.92. The van der Waals surface area contributed by atoms with E-state index in [1.165, 1.54) is 54.6 Å². The first-order valence-electron chi connectivity index (χ1n) is 17.3. The van der Waals surface area contributed by atoms with Gasteiger partial charge in [0, 0.05) is 55.7 Å². The molecular weight excluding hydrogens is 562 g/mol. The zero-order chi connectivity index (χ0) is 33.5. The van der Waals surface area contributed by atoms with Gasteiger partial charge in [0.15, 0.2) is 0 Å². The Kier molecular flexibility index (Phi) is 15.0. The van der Waals surface area contributed by atoms with Crippen LogP contribution in [0, 0.1) is 12.8 Å². The highest BCUT2D eigenvalue weighted by molar-refractivity contribution is 5.99. The van der Waals surface area contributed by atoms with E-state index in [4.69, 9.17) is 4.99 Å². The van der Waals surface area contributed by atoms with Crippen molar-refractivity contribution in [1.29, 1.82) is 0 Å². The molecule has 4 rings (SSSR count). The molecule has 2 fully saturated rings. The van der Waals surface area contributed by atoms with Gasteiger partial charge in [0.2, 0.25) is 0 Å². The molecule has 0 radical (unpaired) electrons. The Balaban J connectivity index is 0.000000738. The van der Waals surface area contributed by atoms with Gasteiger partial charge >= 0.3 is 0 Å². The van der Waals surface area contributed by atoms with Crippen molar-refractivity contribution in [1.82, 2.24) is 5.32 Å². The molecule has 0 unspecified atom stereocenters. The van der Waals surface area contributed by atoms with E-state index in [0.29, 0.717) is 5.92 Å². The second-order valence-corrected chi connectivity index (χ2v) is 12.6. The summed E-state index contributed by atoms with van der Waals surface area (Å²) in [5, 5.41) is 7.12. The number of piperazine rings is 1. The lowest BCUT2D eigenvalue weighted by Crippen LogP contribution is -2.47. The third kappa shape index (κ3) is 11.1. The quantitative estimate of drug-likeness (QED) is 0.0847. The van der Waals surface area contributed by atoms with Crippen molar-refractivity contribution in [2.24, 2.45) is 10.9 Å². The maximum Gasteiger partial charge on any atom is 0.0819 e. The number of allylic oxidation sites excluding steroid dienone is 3. The fraction of sp³-hybridized carbons (Fsp3) is 0.439. The average Bonchev–Trinajstić information content (AvgIpc) is 3.91. The summed E-state index contributed by atoms with van der Waals surface area (Å²) in [6.45, 7) is 31.9. The third-order valence-electron chi connectivity index (χ3n) is 8.57. The maximum absolute atomic E-state index is 4.92. The van der Waals surface area contributed by atoms with E-state index < -0.39 is 0 Å². The highest BCUT2D eigenvalue weighted by Gasteiger charge is 2.26. The van der Waals surface area contributed by atoms with Crippen molar-refractivity contribution in [3.05, 3.63) is 109 Å². The van der Waals surface area contributed by atoms with Gasteiger partial charge < -0.3 is 20.4 Å². The Hall–Kier alpha value is -3.99. The first kappa shape index (κ1) is 36.5. The summed E-state index contributed by atoms with van der Waals surface area (Å²) >= 11 is 0. The van der Waals surface area contributed by atoms with Gasteiger partial charge in [0.1, 0.15) is 0 Å². The molecule has 248 valence electrons. The number of aryl methyl sites for hydroxylation is 1. The summed E-state index contributed by atoms with van der Waals surface area (Å²) < 4.78 is 0. The smallest absolute Gasteiger partial charge is 0.0819 e. The van der Waals surface area contributed by atoms with Crippen LogP contribution in [0.5, 0.6) is 0 Å². The van der Waals surface area contributed by atoms with E-state index in [-0.39, 0.29) is 0 Å². The summed E-state index contributed by atoms with van der Waals surface area (Å²) in [6.07, 6.45) is 12.4.